The van der Waals surface area contributed by atoms with Crippen LogP contribution in [0.25, 0.3) is 0 Å². The number of pyridine rings is 1. The largest absolute Gasteiger partial charge is 0.444 e. The van der Waals surface area contributed by atoms with Crippen molar-refractivity contribution in [1.29, 1.82) is 0 Å². The van der Waals surface area contributed by atoms with E-state index in [1.54, 1.807) is 0 Å². The topological polar surface area (TPSA) is 103 Å². The van der Waals surface area contributed by atoms with Crippen LogP contribution in [0.4, 0.5) is 10.6 Å². The van der Waals surface area contributed by atoms with Crippen molar-refractivity contribution in [2.24, 2.45) is 9.98 Å². The molecule has 1 aromatic heterocycles. The van der Waals surface area contributed by atoms with Crippen LogP contribution in [0.3, 0.4) is 0 Å². The molecule has 0 saturated heterocycles. The Kier molecular flexibility index (Phi) is 7.62. The third kappa shape index (κ3) is 6.51. The molecule has 0 bridgehead atoms. The van der Waals surface area contributed by atoms with E-state index in [0.29, 0.717) is 6.54 Å². The number of hydrogen-bond acceptors (Lipinski definition) is 8. The van der Waals surface area contributed by atoms with Crippen molar-refractivity contribution < 1.29 is 9.53 Å². The molecule has 2 aromatic rings. The van der Waals surface area contributed by atoms with Crippen LogP contribution in [0, 0.1) is 0 Å². The fraction of sp³-hybridized carbons (Fsp3) is 0.448. The van der Waals surface area contributed by atoms with E-state index in [4.69, 9.17) is 14.7 Å². The van der Waals surface area contributed by atoms with Crippen molar-refractivity contribution in [2.75, 3.05) is 11.9 Å². The highest BCUT2D eigenvalue weighted by Crippen LogP contribution is 2.29. The van der Waals surface area contributed by atoms with E-state index in [9.17, 15) is 4.79 Å². The number of fused-ring (bicyclic) bond motifs is 1. The molecule has 1 amide bonds. The summed E-state index contributed by atoms with van der Waals surface area (Å²) in [6.07, 6.45) is 7.14. The van der Waals surface area contributed by atoms with Gasteiger partial charge in [-0.05, 0) is 64.2 Å². The molecular weight excluding hydrogens is 478 g/mol. The zero-order chi connectivity index (χ0) is 26.5. The second-order valence-electron chi connectivity index (χ2n) is 11.0. The normalized spacial score (nSPS) is 22.7. The van der Waals surface area contributed by atoms with Gasteiger partial charge < -0.3 is 25.6 Å². The van der Waals surface area contributed by atoms with Gasteiger partial charge in [-0.1, -0.05) is 36.4 Å². The van der Waals surface area contributed by atoms with Crippen LogP contribution in [0.5, 0.6) is 0 Å². The number of rotatable bonds is 6. The van der Waals surface area contributed by atoms with Gasteiger partial charge >= 0.3 is 6.09 Å². The number of amidine groups is 2. The Bertz CT molecular complexity index is 1210. The molecule has 1 fully saturated rings. The number of nitrogens with zero attached hydrogens (tertiary/aromatic N) is 4. The van der Waals surface area contributed by atoms with E-state index in [2.05, 4.69) is 44.0 Å². The van der Waals surface area contributed by atoms with Gasteiger partial charge in [0.2, 0.25) is 0 Å². The highest BCUT2D eigenvalue weighted by molar-refractivity contribution is 6.41. The maximum absolute atomic E-state index is 12.1. The number of amides is 1. The van der Waals surface area contributed by atoms with E-state index in [0.717, 1.165) is 55.4 Å². The van der Waals surface area contributed by atoms with Gasteiger partial charge in [-0.3, -0.25) is 4.99 Å². The van der Waals surface area contributed by atoms with E-state index in [1.165, 1.54) is 5.56 Å². The quantitative estimate of drug-likeness (QED) is 0.513. The maximum atomic E-state index is 12.1. The maximum Gasteiger partial charge on any atom is 0.407 e. The zero-order valence-corrected chi connectivity index (χ0v) is 22.4. The first-order chi connectivity index (χ1) is 18.3. The van der Waals surface area contributed by atoms with Gasteiger partial charge in [0.05, 0.1) is 18.3 Å². The average Bonchev–Trinajstić information content (AvgIpc) is 3.34. The average molecular weight is 516 g/mol. The monoisotopic (exact) mass is 515 g/mol. The molecular formula is C29H37N7O2. The molecule has 3 aliphatic rings. The van der Waals surface area contributed by atoms with Crippen LogP contribution < -0.4 is 16.0 Å². The van der Waals surface area contributed by atoms with Crippen LogP contribution in [0.1, 0.15) is 63.8 Å². The highest BCUT2D eigenvalue weighted by atomic mass is 16.6. The van der Waals surface area contributed by atoms with E-state index in [-0.39, 0.29) is 24.2 Å². The van der Waals surface area contributed by atoms with Gasteiger partial charge in [-0.2, -0.15) is 0 Å². The Morgan fingerprint density at radius 3 is 2.55 bits per heavy atom. The van der Waals surface area contributed by atoms with Crippen molar-refractivity contribution in [1.82, 2.24) is 20.5 Å². The minimum absolute atomic E-state index is 0.0285. The number of ether oxygens (including phenoxy) is 1. The van der Waals surface area contributed by atoms with Crippen molar-refractivity contribution in [3.8, 4) is 0 Å². The third-order valence-corrected chi connectivity index (χ3v) is 6.85. The molecule has 3 N–H and O–H groups in total. The Hall–Kier alpha value is -3.88. The first kappa shape index (κ1) is 25.8. The number of benzene rings is 1. The summed E-state index contributed by atoms with van der Waals surface area (Å²) in [5.74, 6) is 2.51. The molecule has 0 spiro atoms. The molecule has 9 heteroatoms. The van der Waals surface area contributed by atoms with Crippen LogP contribution in [0.15, 0.2) is 70.9 Å². The molecule has 1 unspecified atom stereocenters. The summed E-state index contributed by atoms with van der Waals surface area (Å²) in [4.78, 5) is 28.6. The third-order valence-electron chi connectivity index (χ3n) is 6.85. The van der Waals surface area contributed by atoms with Gasteiger partial charge in [0.15, 0.2) is 11.7 Å². The van der Waals surface area contributed by atoms with Crippen LogP contribution in [0.2, 0.25) is 0 Å². The molecule has 1 saturated carbocycles. The molecule has 3 heterocycles. The predicted octanol–water partition coefficient (Wildman–Crippen LogP) is 4.76. The number of nitrogens with one attached hydrogen (secondary N) is 3. The lowest BCUT2D eigenvalue weighted by Gasteiger charge is -2.33. The number of hydrogen-bond donors (Lipinski definition) is 3. The van der Waals surface area contributed by atoms with Gasteiger partial charge in [-0.25, -0.2) is 14.8 Å². The second kappa shape index (κ2) is 11.2. The summed E-state index contributed by atoms with van der Waals surface area (Å²) < 4.78 is 5.40. The van der Waals surface area contributed by atoms with Crippen molar-refractivity contribution in [3.05, 3.63) is 72.2 Å². The van der Waals surface area contributed by atoms with E-state index in [1.807, 2.05) is 63.5 Å². The van der Waals surface area contributed by atoms with Gasteiger partial charge in [0, 0.05) is 31.0 Å². The van der Waals surface area contributed by atoms with Crippen LogP contribution >= 0.6 is 0 Å². The van der Waals surface area contributed by atoms with Crippen molar-refractivity contribution >= 4 is 23.6 Å². The Labute approximate surface area is 224 Å². The van der Waals surface area contributed by atoms with E-state index >= 15 is 0 Å². The second-order valence-corrected chi connectivity index (χ2v) is 11.0. The number of alkyl carbamates (subject to hydrolysis) is 1. The van der Waals surface area contributed by atoms with Crippen LogP contribution in [-0.4, -0.2) is 51.9 Å². The fourth-order valence-corrected chi connectivity index (χ4v) is 5.01. The van der Waals surface area contributed by atoms with Gasteiger partial charge in [-0.15, -0.1) is 0 Å². The minimum Gasteiger partial charge on any atom is -0.444 e. The number of carbonyl (C=O) groups excluding carboxylic acids is 1. The van der Waals surface area contributed by atoms with Crippen molar-refractivity contribution in [2.45, 2.75) is 76.7 Å². The van der Waals surface area contributed by atoms with Crippen molar-refractivity contribution in [3.63, 3.8) is 0 Å². The molecule has 38 heavy (non-hydrogen) atoms. The minimum atomic E-state index is -0.489. The summed E-state index contributed by atoms with van der Waals surface area (Å²) in [6.45, 7) is 6.98. The lowest BCUT2D eigenvalue weighted by Crippen LogP contribution is -2.48. The molecule has 0 radical (unpaired) electrons. The summed E-state index contributed by atoms with van der Waals surface area (Å²) in [7, 11) is 0. The molecule has 1 aliphatic carbocycles. The fourth-order valence-electron chi connectivity index (χ4n) is 5.01. The molecule has 1 atom stereocenters. The van der Waals surface area contributed by atoms with Gasteiger partial charge in [0.1, 0.15) is 11.4 Å². The Morgan fingerprint density at radius 1 is 1.03 bits per heavy atom. The smallest absolute Gasteiger partial charge is 0.407 e. The first-order valence-corrected chi connectivity index (χ1v) is 13.4. The summed E-state index contributed by atoms with van der Waals surface area (Å²) >= 11 is 0. The number of aromatic nitrogens is 1. The molecule has 200 valence electrons. The summed E-state index contributed by atoms with van der Waals surface area (Å²) in [6, 6.07) is 16.8. The molecule has 1 aromatic carbocycles. The lowest BCUT2D eigenvalue weighted by molar-refractivity contribution is 0.0490. The number of carbonyl (C=O) groups is 1. The summed E-state index contributed by atoms with van der Waals surface area (Å²) in [5.41, 5.74) is 1.70. The lowest BCUT2D eigenvalue weighted by atomic mass is 9.91. The first-order valence-electron chi connectivity index (χ1n) is 13.4. The Morgan fingerprint density at radius 2 is 1.79 bits per heavy atom. The number of aliphatic imine (C=N–C) groups is 2. The zero-order valence-electron chi connectivity index (χ0n) is 22.4. The molecule has 9 nitrogen and oxygen atoms in total. The molecule has 5 rings (SSSR count). The predicted molar refractivity (Wildman–Crippen MR) is 150 cm³/mol. The van der Waals surface area contributed by atoms with E-state index < -0.39 is 5.60 Å². The number of anilines is 1. The Balaban J connectivity index is 1.14. The standard InChI is InChI=1S/C29H37N7O2/c1-29(2,3)38-28(37)34-22-14-12-21(13-15-22)33-26-27-32-19-24(36(27)17-16-30-26)23-10-7-11-25(35-23)31-18-20-8-5-4-6-9-20/h4-11,16-17,21-22,24H,12-15,18-19H2,1-3H3,(H,30,33)(H,31,35)(H,34,37)/t21-,22-,24?. The summed E-state index contributed by atoms with van der Waals surface area (Å²) in [5, 5.41) is 10.1. The molecule has 2 aliphatic heterocycles. The van der Waals surface area contributed by atoms with Gasteiger partial charge in [0.25, 0.3) is 0 Å². The van der Waals surface area contributed by atoms with Crippen LogP contribution in [-0.2, 0) is 11.3 Å². The highest BCUT2D eigenvalue weighted by Gasteiger charge is 2.34. The SMILES string of the molecule is CC(C)(C)OC(=O)N[C@H]1CC[C@H](NC2=NC=CN3C2=NCC3c2cccc(NCc3ccccc3)n2)CC1.